The van der Waals surface area contributed by atoms with E-state index in [2.05, 4.69) is 18.7 Å². The summed E-state index contributed by atoms with van der Waals surface area (Å²) in [5.74, 6) is -0.0657. The number of halogens is 2. The van der Waals surface area contributed by atoms with Gasteiger partial charge in [0.1, 0.15) is 11.4 Å². The zero-order valence-corrected chi connectivity index (χ0v) is 14.6. The number of nitrogens with zero attached hydrogens (tertiary/aromatic N) is 2. The molecule has 1 aromatic rings. The van der Waals surface area contributed by atoms with E-state index in [1.165, 1.54) is 12.1 Å². The van der Waals surface area contributed by atoms with Gasteiger partial charge in [0.15, 0.2) is 0 Å². The van der Waals surface area contributed by atoms with Gasteiger partial charge in [-0.2, -0.15) is 0 Å². The standard InChI is InChI=1S/C18H24ClFN2O/c1-13(2)22-10-4-8-18(17(22)23)7-3-9-21(18)12-14-5-6-15(20)11-16(14)19/h5-6,11,13H,3-4,7-10,12H2,1-2H3. The number of hydrogen-bond donors (Lipinski definition) is 0. The molecule has 2 aliphatic rings. The fraction of sp³-hybridized carbons (Fsp3) is 0.611. The molecule has 126 valence electrons. The Morgan fingerprint density at radius 1 is 1.26 bits per heavy atom. The first-order valence-corrected chi connectivity index (χ1v) is 8.82. The van der Waals surface area contributed by atoms with Crippen molar-refractivity contribution in [3.8, 4) is 0 Å². The lowest BCUT2D eigenvalue weighted by molar-refractivity contribution is -0.149. The fourth-order valence-corrected chi connectivity index (χ4v) is 4.28. The SMILES string of the molecule is CC(C)N1CCCC2(CCCN2Cc2ccc(F)cc2Cl)C1=O. The van der Waals surface area contributed by atoms with Crippen molar-refractivity contribution in [2.45, 2.75) is 57.7 Å². The van der Waals surface area contributed by atoms with Crippen molar-refractivity contribution >= 4 is 17.5 Å². The smallest absolute Gasteiger partial charge is 0.243 e. The molecule has 0 aliphatic carbocycles. The van der Waals surface area contributed by atoms with E-state index in [4.69, 9.17) is 11.6 Å². The van der Waals surface area contributed by atoms with Crippen LogP contribution >= 0.6 is 11.6 Å². The molecular formula is C18H24ClFN2O. The Hall–Kier alpha value is -1.13. The Balaban J connectivity index is 1.85. The van der Waals surface area contributed by atoms with E-state index in [9.17, 15) is 9.18 Å². The normalized spacial score (nSPS) is 25.8. The van der Waals surface area contributed by atoms with Crippen LogP contribution in [0.15, 0.2) is 18.2 Å². The monoisotopic (exact) mass is 338 g/mol. The first-order chi connectivity index (χ1) is 10.9. The molecule has 0 saturated carbocycles. The van der Waals surface area contributed by atoms with Crippen molar-refractivity contribution in [1.29, 1.82) is 0 Å². The second-order valence-electron chi connectivity index (χ2n) is 6.99. The summed E-state index contributed by atoms with van der Waals surface area (Å²) in [4.78, 5) is 17.4. The zero-order chi connectivity index (χ0) is 16.6. The van der Waals surface area contributed by atoms with E-state index in [0.29, 0.717) is 11.6 Å². The molecule has 0 aromatic heterocycles. The van der Waals surface area contributed by atoms with Gasteiger partial charge >= 0.3 is 0 Å². The van der Waals surface area contributed by atoms with Crippen molar-refractivity contribution < 1.29 is 9.18 Å². The number of rotatable bonds is 3. The van der Waals surface area contributed by atoms with E-state index in [0.717, 1.165) is 44.3 Å². The molecule has 3 rings (SSSR count). The van der Waals surface area contributed by atoms with E-state index < -0.39 is 0 Å². The minimum absolute atomic E-state index is 0.233. The van der Waals surface area contributed by atoms with Crippen LogP contribution < -0.4 is 0 Å². The Morgan fingerprint density at radius 2 is 1.96 bits per heavy atom. The summed E-state index contributed by atoms with van der Waals surface area (Å²) in [5, 5.41) is 0.441. The molecule has 1 spiro atoms. The van der Waals surface area contributed by atoms with Crippen molar-refractivity contribution in [2.75, 3.05) is 13.1 Å². The van der Waals surface area contributed by atoms with E-state index in [1.54, 1.807) is 6.07 Å². The second kappa shape index (κ2) is 6.40. The van der Waals surface area contributed by atoms with Gasteiger partial charge in [-0.3, -0.25) is 9.69 Å². The highest BCUT2D eigenvalue weighted by Crippen LogP contribution is 2.40. The highest BCUT2D eigenvalue weighted by atomic mass is 35.5. The van der Waals surface area contributed by atoms with Crippen molar-refractivity contribution in [3.63, 3.8) is 0 Å². The maximum absolute atomic E-state index is 13.3. The molecule has 1 atom stereocenters. The lowest BCUT2D eigenvalue weighted by atomic mass is 9.84. The summed E-state index contributed by atoms with van der Waals surface area (Å²) in [6.45, 7) is 6.51. The van der Waals surface area contributed by atoms with Gasteiger partial charge in [-0.25, -0.2) is 4.39 Å². The molecule has 23 heavy (non-hydrogen) atoms. The van der Waals surface area contributed by atoms with E-state index in [-0.39, 0.29) is 23.3 Å². The number of likely N-dealkylation sites (tertiary alicyclic amines) is 2. The van der Waals surface area contributed by atoms with Crippen LogP contribution in [-0.2, 0) is 11.3 Å². The summed E-state index contributed by atoms with van der Waals surface area (Å²) in [6, 6.07) is 4.75. The highest BCUT2D eigenvalue weighted by Gasteiger charge is 2.51. The number of piperidine rings is 1. The molecule has 0 radical (unpaired) electrons. The number of amides is 1. The number of carbonyl (C=O) groups is 1. The van der Waals surface area contributed by atoms with Gasteiger partial charge in [0.2, 0.25) is 5.91 Å². The Morgan fingerprint density at radius 3 is 2.61 bits per heavy atom. The summed E-state index contributed by atoms with van der Waals surface area (Å²) in [7, 11) is 0. The fourth-order valence-electron chi connectivity index (χ4n) is 4.06. The summed E-state index contributed by atoms with van der Waals surface area (Å²) >= 11 is 6.19. The van der Waals surface area contributed by atoms with Crippen LogP contribution in [-0.4, -0.2) is 40.4 Å². The number of benzene rings is 1. The van der Waals surface area contributed by atoms with Crippen LogP contribution in [0.2, 0.25) is 5.02 Å². The molecule has 2 aliphatic heterocycles. The lowest BCUT2D eigenvalue weighted by Crippen LogP contribution is -2.61. The third-order valence-electron chi connectivity index (χ3n) is 5.27. The quantitative estimate of drug-likeness (QED) is 0.836. The Kier molecular flexibility index (Phi) is 4.65. The van der Waals surface area contributed by atoms with Crippen LogP contribution in [0.4, 0.5) is 4.39 Å². The molecule has 1 unspecified atom stereocenters. The predicted molar refractivity (Wildman–Crippen MR) is 89.9 cm³/mol. The van der Waals surface area contributed by atoms with Crippen LogP contribution in [0.25, 0.3) is 0 Å². The van der Waals surface area contributed by atoms with Gasteiger partial charge in [-0.05, 0) is 63.8 Å². The van der Waals surface area contributed by atoms with Crippen LogP contribution in [0, 0.1) is 5.82 Å². The number of carbonyl (C=O) groups excluding carboxylic acids is 1. The first-order valence-electron chi connectivity index (χ1n) is 8.44. The van der Waals surface area contributed by atoms with Gasteiger partial charge in [-0.15, -0.1) is 0 Å². The maximum Gasteiger partial charge on any atom is 0.243 e. The molecule has 0 N–H and O–H groups in total. The van der Waals surface area contributed by atoms with Crippen LogP contribution in [0.5, 0.6) is 0 Å². The number of hydrogen-bond acceptors (Lipinski definition) is 2. The van der Waals surface area contributed by atoms with Gasteiger partial charge < -0.3 is 4.90 Å². The Labute approximate surface area is 142 Å². The topological polar surface area (TPSA) is 23.6 Å². The summed E-state index contributed by atoms with van der Waals surface area (Å²) in [5.41, 5.74) is 0.504. The minimum atomic E-state index is -0.389. The third kappa shape index (κ3) is 2.99. The molecule has 0 bridgehead atoms. The minimum Gasteiger partial charge on any atom is -0.339 e. The molecule has 5 heteroatoms. The second-order valence-corrected chi connectivity index (χ2v) is 7.40. The zero-order valence-electron chi connectivity index (χ0n) is 13.8. The third-order valence-corrected chi connectivity index (χ3v) is 5.62. The summed E-state index contributed by atoms with van der Waals surface area (Å²) in [6.07, 6.45) is 3.88. The van der Waals surface area contributed by atoms with Gasteiger partial charge in [0.05, 0.1) is 0 Å². The van der Waals surface area contributed by atoms with Crippen LogP contribution in [0.1, 0.15) is 45.1 Å². The largest absolute Gasteiger partial charge is 0.339 e. The van der Waals surface area contributed by atoms with Crippen molar-refractivity contribution in [2.24, 2.45) is 0 Å². The molecule has 3 nitrogen and oxygen atoms in total. The lowest BCUT2D eigenvalue weighted by Gasteiger charge is -2.46. The van der Waals surface area contributed by atoms with Crippen LogP contribution in [0.3, 0.4) is 0 Å². The van der Waals surface area contributed by atoms with E-state index in [1.807, 2.05) is 4.90 Å². The Bertz CT molecular complexity index is 607. The molecule has 1 amide bonds. The molecule has 2 saturated heterocycles. The van der Waals surface area contributed by atoms with E-state index >= 15 is 0 Å². The maximum atomic E-state index is 13.3. The molecular weight excluding hydrogens is 315 g/mol. The highest BCUT2D eigenvalue weighted by molar-refractivity contribution is 6.31. The van der Waals surface area contributed by atoms with Crippen molar-refractivity contribution in [1.82, 2.24) is 9.80 Å². The van der Waals surface area contributed by atoms with Gasteiger partial charge in [-0.1, -0.05) is 17.7 Å². The molecule has 1 aromatic carbocycles. The average molecular weight is 339 g/mol. The summed E-state index contributed by atoms with van der Waals surface area (Å²) < 4.78 is 13.3. The molecule has 2 fully saturated rings. The predicted octanol–water partition coefficient (Wildman–Crippen LogP) is 3.84. The van der Waals surface area contributed by atoms with Crippen molar-refractivity contribution in [3.05, 3.63) is 34.6 Å². The van der Waals surface area contributed by atoms with Gasteiger partial charge in [0, 0.05) is 24.2 Å². The molecule has 2 heterocycles. The van der Waals surface area contributed by atoms with Gasteiger partial charge in [0.25, 0.3) is 0 Å². The first kappa shape index (κ1) is 16.7. The average Bonchev–Trinajstić information content (AvgIpc) is 2.88.